The number of aliphatic imine (C=N–C) groups is 1. The van der Waals surface area contributed by atoms with Crippen molar-refractivity contribution in [3.63, 3.8) is 0 Å². The summed E-state index contributed by atoms with van der Waals surface area (Å²) in [6.07, 6.45) is 12.0. The van der Waals surface area contributed by atoms with Gasteiger partial charge in [0, 0.05) is 38.9 Å². The molecule has 2 amide bonds. The number of hydrogen-bond acceptors (Lipinski definition) is 5. The summed E-state index contributed by atoms with van der Waals surface area (Å²) < 4.78 is 5.91. The lowest BCUT2D eigenvalue weighted by atomic mass is 9.85. The van der Waals surface area contributed by atoms with Gasteiger partial charge < -0.3 is 15.4 Å². The summed E-state index contributed by atoms with van der Waals surface area (Å²) in [5, 5.41) is 6.45. The molecule has 2 heterocycles. The van der Waals surface area contributed by atoms with Crippen molar-refractivity contribution in [1.29, 1.82) is 0 Å². The molecule has 1 aromatic heterocycles. The largest absolute Gasteiger partial charge is 0.474 e. The molecule has 32 heavy (non-hydrogen) atoms. The van der Waals surface area contributed by atoms with Crippen LogP contribution >= 0.6 is 0 Å². The van der Waals surface area contributed by atoms with Gasteiger partial charge in [-0.3, -0.25) is 19.5 Å². The van der Waals surface area contributed by atoms with E-state index in [9.17, 15) is 9.59 Å². The van der Waals surface area contributed by atoms with E-state index in [2.05, 4.69) is 32.8 Å². The van der Waals surface area contributed by atoms with Crippen LogP contribution < -0.4 is 15.4 Å². The number of allylic oxidation sites excluding steroid dienone is 2. The lowest BCUT2D eigenvalue weighted by Gasteiger charge is -2.18. The minimum absolute atomic E-state index is 0.00687. The number of imide groups is 1. The molecule has 2 saturated carbocycles. The maximum Gasteiger partial charge on any atom is 0.233 e. The molecule has 4 unspecified atom stereocenters. The maximum atomic E-state index is 12.8. The smallest absolute Gasteiger partial charge is 0.233 e. The summed E-state index contributed by atoms with van der Waals surface area (Å²) in [5.41, 5.74) is 1.02. The van der Waals surface area contributed by atoms with Crippen molar-refractivity contribution in [3.8, 4) is 5.88 Å². The monoisotopic (exact) mass is 437 g/mol. The third-order valence-electron chi connectivity index (χ3n) is 7.26. The standard InChI is InChI=1S/C24H31N5O3/c1-25-24(28-14-15-6-9-19(27-13-15)32-18-4-2-3-5-18)26-10-11-29-22(30)20-16-7-8-17(12-16)21(20)23(29)31/h6-9,13,16-18,20-21H,2-5,10-12,14H2,1H3,(H2,25,26,28). The highest BCUT2D eigenvalue weighted by atomic mass is 16.5. The Morgan fingerprint density at radius 2 is 1.84 bits per heavy atom. The molecule has 4 aliphatic rings. The molecule has 1 aromatic rings. The SMILES string of the molecule is CN=C(NCCN1C(=O)C2C3C=CC(C3)C2C1=O)NCc1ccc(OC2CCCC2)nc1. The summed E-state index contributed by atoms with van der Waals surface area (Å²) in [6, 6.07) is 3.91. The number of hydrogen-bond donors (Lipinski definition) is 2. The van der Waals surface area contributed by atoms with Gasteiger partial charge in [0.25, 0.3) is 0 Å². The number of nitrogens with one attached hydrogen (secondary N) is 2. The van der Waals surface area contributed by atoms with E-state index >= 15 is 0 Å². The van der Waals surface area contributed by atoms with Crippen LogP contribution in [0, 0.1) is 23.7 Å². The highest BCUT2D eigenvalue weighted by Gasteiger charge is 2.58. The number of nitrogens with zero attached hydrogens (tertiary/aromatic N) is 3. The summed E-state index contributed by atoms with van der Waals surface area (Å²) in [4.78, 5) is 35.6. The third kappa shape index (κ3) is 3.98. The van der Waals surface area contributed by atoms with Crippen LogP contribution in [-0.2, 0) is 16.1 Å². The molecule has 1 aliphatic heterocycles. The van der Waals surface area contributed by atoms with Crippen LogP contribution in [0.4, 0.5) is 0 Å². The highest BCUT2D eigenvalue weighted by molar-refractivity contribution is 6.06. The van der Waals surface area contributed by atoms with Crippen molar-refractivity contribution in [2.45, 2.75) is 44.8 Å². The molecule has 8 heteroatoms. The number of carbonyl (C=O) groups is 2. The zero-order valence-corrected chi connectivity index (χ0v) is 18.5. The van der Waals surface area contributed by atoms with E-state index < -0.39 is 0 Å². The van der Waals surface area contributed by atoms with Gasteiger partial charge in [0.2, 0.25) is 17.7 Å². The van der Waals surface area contributed by atoms with Crippen molar-refractivity contribution in [1.82, 2.24) is 20.5 Å². The Bertz CT molecular complexity index is 892. The van der Waals surface area contributed by atoms with E-state index in [1.54, 1.807) is 7.05 Å². The molecule has 3 aliphatic carbocycles. The fraction of sp³-hybridized carbons (Fsp3) is 0.583. The topological polar surface area (TPSA) is 95.9 Å². The summed E-state index contributed by atoms with van der Waals surface area (Å²) in [7, 11) is 1.70. The quantitative estimate of drug-likeness (QED) is 0.293. The number of aromatic nitrogens is 1. The number of fused-ring (bicyclic) bond motifs is 5. The van der Waals surface area contributed by atoms with Crippen molar-refractivity contribution >= 4 is 17.8 Å². The fourth-order valence-corrected chi connectivity index (χ4v) is 5.64. The molecule has 4 atom stereocenters. The summed E-state index contributed by atoms with van der Waals surface area (Å²) >= 11 is 0. The van der Waals surface area contributed by atoms with E-state index in [-0.39, 0.29) is 35.5 Å². The van der Waals surface area contributed by atoms with Crippen LogP contribution in [0.3, 0.4) is 0 Å². The molecule has 0 spiro atoms. The van der Waals surface area contributed by atoms with E-state index in [0.717, 1.165) is 24.8 Å². The molecule has 170 valence electrons. The van der Waals surface area contributed by atoms with Gasteiger partial charge in [-0.1, -0.05) is 18.2 Å². The second-order valence-electron chi connectivity index (χ2n) is 9.21. The average Bonchev–Trinajstić information content (AvgIpc) is 3.59. The fourth-order valence-electron chi connectivity index (χ4n) is 5.64. The third-order valence-corrected chi connectivity index (χ3v) is 7.26. The first kappa shape index (κ1) is 21.0. The van der Waals surface area contributed by atoms with E-state index in [4.69, 9.17) is 4.74 Å². The molecular formula is C24H31N5O3. The van der Waals surface area contributed by atoms with Gasteiger partial charge in [-0.15, -0.1) is 0 Å². The van der Waals surface area contributed by atoms with Gasteiger partial charge in [0.15, 0.2) is 5.96 Å². The van der Waals surface area contributed by atoms with Gasteiger partial charge in [0.1, 0.15) is 6.10 Å². The molecule has 5 rings (SSSR count). The molecule has 1 saturated heterocycles. The summed E-state index contributed by atoms with van der Waals surface area (Å²) in [6.45, 7) is 1.39. The van der Waals surface area contributed by atoms with Crippen LogP contribution in [0.15, 0.2) is 35.5 Å². The van der Waals surface area contributed by atoms with E-state index in [1.807, 2.05) is 18.3 Å². The number of amides is 2. The minimum atomic E-state index is -0.136. The van der Waals surface area contributed by atoms with Crippen molar-refractivity contribution in [3.05, 3.63) is 36.0 Å². The normalized spacial score (nSPS) is 29.2. The zero-order chi connectivity index (χ0) is 22.1. The van der Waals surface area contributed by atoms with Crippen LogP contribution in [-0.4, -0.2) is 53.9 Å². The first-order valence-corrected chi connectivity index (χ1v) is 11.7. The van der Waals surface area contributed by atoms with Crippen LogP contribution in [0.2, 0.25) is 0 Å². The Hall–Kier alpha value is -2.90. The predicted molar refractivity (Wildman–Crippen MR) is 120 cm³/mol. The number of pyridine rings is 1. The average molecular weight is 438 g/mol. The van der Waals surface area contributed by atoms with Crippen LogP contribution in [0.1, 0.15) is 37.7 Å². The summed E-state index contributed by atoms with van der Waals surface area (Å²) in [5.74, 6) is 1.51. The number of carbonyl (C=O) groups excluding carboxylic acids is 2. The zero-order valence-electron chi connectivity index (χ0n) is 18.5. The van der Waals surface area contributed by atoms with Crippen molar-refractivity contribution < 1.29 is 14.3 Å². The first-order chi connectivity index (χ1) is 15.6. The minimum Gasteiger partial charge on any atom is -0.474 e. The molecular weight excluding hydrogens is 406 g/mol. The Labute approximate surface area is 188 Å². The second kappa shape index (κ2) is 8.92. The number of rotatable bonds is 7. The lowest BCUT2D eigenvalue weighted by Crippen LogP contribution is -2.43. The Balaban J connectivity index is 1.07. The Morgan fingerprint density at radius 1 is 1.12 bits per heavy atom. The lowest BCUT2D eigenvalue weighted by molar-refractivity contribution is -0.140. The number of guanidine groups is 1. The van der Waals surface area contributed by atoms with Crippen LogP contribution in [0.5, 0.6) is 5.88 Å². The molecule has 2 bridgehead atoms. The van der Waals surface area contributed by atoms with Crippen molar-refractivity contribution in [2.75, 3.05) is 20.1 Å². The van der Waals surface area contributed by atoms with Gasteiger partial charge in [0.05, 0.1) is 11.8 Å². The van der Waals surface area contributed by atoms with E-state index in [1.165, 1.54) is 17.7 Å². The molecule has 2 N–H and O–H groups in total. The van der Waals surface area contributed by atoms with Gasteiger partial charge >= 0.3 is 0 Å². The van der Waals surface area contributed by atoms with Crippen LogP contribution in [0.25, 0.3) is 0 Å². The molecule has 0 radical (unpaired) electrons. The Morgan fingerprint density at radius 3 is 2.47 bits per heavy atom. The van der Waals surface area contributed by atoms with Gasteiger partial charge in [-0.2, -0.15) is 0 Å². The number of likely N-dealkylation sites (tertiary alicyclic amines) is 1. The van der Waals surface area contributed by atoms with Crippen molar-refractivity contribution in [2.24, 2.45) is 28.7 Å². The highest BCUT2D eigenvalue weighted by Crippen LogP contribution is 2.52. The van der Waals surface area contributed by atoms with Gasteiger partial charge in [-0.05, 0) is 49.5 Å². The molecule has 8 nitrogen and oxygen atoms in total. The predicted octanol–water partition coefficient (Wildman–Crippen LogP) is 1.88. The maximum absolute atomic E-state index is 12.8. The van der Waals surface area contributed by atoms with E-state index in [0.29, 0.717) is 37.6 Å². The van der Waals surface area contributed by atoms with Gasteiger partial charge in [-0.25, -0.2) is 4.98 Å². The molecule has 0 aromatic carbocycles. The Kier molecular flexibility index (Phi) is 5.85. The number of ether oxygens (including phenoxy) is 1. The first-order valence-electron chi connectivity index (χ1n) is 11.7. The second-order valence-corrected chi connectivity index (χ2v) is 9.21. The molecule has 3 fully saturated rings.